The molecule has 0 aromatic heterocycles. The highest BCUT2D eigenvalue weighted by Gasteiger charge is 2.24. The number of epoxide rings is 1. The molecule has 4 nitrogen and oxygen atoms in total. The number of halogens is 1. The Morgan fingerprint density at radius 2 is 2.30 bits per heavy atom. The van der Waals surface area contributed by atoms with Crippen LogP contribution in [0.5, 0.6) is 0 Å². The number of benzene rings is 1. The zero-order valence-electron chi connectivity index (χ0n) is 13.6. The molecule has 1 heterocycles. The molecule has 1 aliphatic rings. The van der Waals surface area contributed by atoms with Crippen LogP contribution in [-0.2, 0) is 19.0 Å². The normalized spacial score (nSPS) is 18.1. The van der Waals surface area contributed by atoms with Gasteiger partial charge in [0.1, 0.15) is 11.9 Å². The number of carbonyl (C=O) groups excluding carboxylic acids is 1. The Hall–Kier alpha value is -1.72. The van der Waals surface area contributed by atoms with E-state index >= 15 is 0 Å². The lowest BCUT2D eigenvalue weighted by atomic mass is 10.0. The van der Waals surface area contributed by atoms with Crippen molar-refractivity contribution in [3.8, 4) is 0 Å². The van der Waals surface area contributed by atoms with Crippen LogP contribution in [0.1, 0.15) is 43.9 Å². The van der Waals surface area contributed by atoms with Gasteiger partial charge in [0.05, 0.1) is 25.9 Å². The van der Waals surface area contributed by atoms with Crippen molar-refractivity contribution in [2.75, 3.05) is 19.8 Å². The fourth-order valence-corrected chi connectivity index (χ4v) is 2.21. The maximum absolute atomic E-state index is 13.5. The molecule has 1 aromatic carbocycles. The average Bonchev–Trinajstić information content (AvgIpc) is 3.34. The van der Waals surface area contributed by atoms with E-state index in [0.29, 0.717) is 26.1 Å². The van der Waals surface area contributed by atoms with Gasteiger partial charge in [0.2, 0.25) is 0 Å². The van der Waals surface area contributed by atoms with Gasteiger partial charge in [0.25, 0.3) is 0 Å². The molecule has 0 N–H and O–H groups in total. The van der Waals surface area contributed by atoms with Crippen molar-refractivity contribution in [3.05, 3.63) is 41.2 Å². The van der Waals surface area contributed by atoms with Crippen molar-refractivity contribution in [2.45, 2.75) is 38.9 Å². The number of esters is 1. The van der Waals surface area contributed by atoms with E-state index < -0.39 is 0 Å². The molecule has 0 bridgehead atoms. The summed E-state index contributed by atoms with van der Waals surface area (Å²) in [5.41, 5.74) is 1.68. The van der Waals surface area contributed by atoms with Crippen LogP contribution >= 0.6 is 0 Å². The molecule has 1 unspecified atom stereocenters. The summed E-state index contributed by atoms with van der Waals surface area (Å²) in [6, 6.07) is 4.64. The van der Waals surface area contributed by atoms with E-state index in [2.05, 4.69) is 0 Å². The highest BCUT2D eigenvalue weighted by molar-refractivity contribution is 5.69. The lowest BCUT2D eigenvalue weighted by Crippen LogP contribution is -2.07. The molecule has 0 saturated carbocycles. The molecule has 5 heteroatoms. The molecule has 0 radical (unpaired) electrons. The van der Waals surface area contributed by atoms with Gasteiger partial charge in [0, 0.05) is 6.42 Å². The van der Waals surface area contributed by atoms with E-state index in [0.717, 1.165) is 17.7 Å². The summed E-state index contributed by atoms with van der Waals surface area (Å²) in [5, 5.41) is 0. The SMILES string of the molecule is CCOC(=O)CCC=Cc1cc(F)ccc1[C@@H](C)OCC1CO1. The monoisotopic (exact) mass is 322 g/mol. The minimum absolute atomic E-state index is 0.149. The zero-order chi connectivity index (χ0) is 16.7. The predicted molar refractivity (Wildman–Crippen MR) is 85.4 cm³/mol. The van der Waals surface area contributed by atoms with Crippen molar-refractivity contribution in [2.24, 2.45) is 0 Å². The van der Waals surface area contributed by atoms with Crippen LogP contribution in [-0.4, -0.2) is 31.9 Å². The van der Waals surface area contributed by atoms with Crippen LogP contribution in [0, 0.1) is 5.82 Å². The van der Waals surface area contributed by atoms with E-state index in [1.165, 1.54) is 12.1 Å². The van der Waals surface area contributed by atoms with Gasteiger partial charge in [-0.2, -0.15) is 0 Å². The third kappa shape index (κ3) is 6.12. The van der Waals surface area contributed by atoms with Gasteiger partial charge in [-0.3, -0.25) is 4.79 Å². The summed E-state index contributed by atoms with van der Waals surface area (Å²) in [4.78, 5) is 11.3. The average molecular weight is 322 g/mol. The molecular weight excluding hydrogens is 299 g/mol. The second-order valence-electron chi connectivity index (χ2n) is 5.45. The van der Waals surface area contributed by atoms with E-state index in [1.807, 2.05) is 19.1 Å². The molecule has 2 atom stereocenters. The summed E-state index contributed by atoms with van der Waals surface area (Å²) >= 11 is 0. The second kappa shape index (κ2) is 8.79. The van der Waals surface area contributed by atoms with E-state index in [9.17, 15) is 9.18 Å². The Bertz CT molecular complexity index is 552. The molecule has 0 spiro atoms. The number of hydrogen-bond donors (Lipinski definition) is 0. The van der Waals surface area contributed by atoms with Gasteiger partial charge < -0.3 is 14.2 Å². The first-order valence-electron chi connectivity index (χ1n) is 7.95. The fourth-order valence-electron chi connectivity index (χ4n) is 2.21. The van der Waals surface area contributed by atoms with E-state index in [4.69, 9.17) is 14.2 Å². The van der Waals surface area contributed by atoms with Gasteiger partial charge >= 0.3 is 5.97 Å². The van der Waals surface area contributed by atoms with Crippen molar-refractivity contribution in [3.63, 3.8) is 0 Å². The summed E-state index contributed by atoms with van der Waals surface area (Å²) in [6.45, 7) is 5.39. The first-order valence-corrected chi connectivity index (χ1v) is 7.95. The Kier molecular flexibility index (Phi) is 6.74. The summed E-state index contributed by atoms with van der Waals surface area (Å²) in [6.07, 6.45) is 4.60. The van der Waals surface area contributed by atoms with Gasteiger partial charge in [-0.05, 0) is 43.5 Å². The quantitative estimate of drug-likeness (QED) is 0.514. The third-order valence-corrected chi connectivity index (χ3v) is 3.54. The van der Waals surface area contributed by atoms with Crippen LogP contribution in [0.2, 0.25) is 0 Å². The molecule has 0 aliphatic carbocycles. The predicted octanol–water partition coefficient (Wildman–Crippen LogP) is 3.66. The third-order valence-electron chi connectivity index (χ3n) is 3.54. The van der Waals surface area contributed by atoms with E-state index in [-0.39, 0.29) is 24.0 Å². The van der Waals surface area contributed by atoms with Crippen molar-refractivity contribution in [1.82, 2.24) is 0 Å². The number of rotatable bonds is 9. The van der Waals surface area contributed by atoms with Crippen LogP contribution in [0.15, 0.2) is 24.3 Å². The maximum atomic E-state index is 13.5. The Morgan fingerprint density at radius 1 is 1.52 bits per heavy atom. The first kappa shape index (κ1) is 17.6. The summed E-state index contributed by atoms with van der Waals surface area (Å²) in [5.74, 6) is -0.519. The van der Waals surface area contributed by atoms with Crippen molar-refractivity contribution < 1.29 is 23.4 Å². The highest BCUT2D eigenvalue weighted by atomic mass is 19.1. The molecule has 1 saturated heterocycles. The topological polar surface area (TPSA) is 48.1 Å². The Morgan fingerprint density at radius 3 is 3.00 bits per heavy atom. The van der Waals surface area contributed by atoms with Crippen molar-refractivity contribution in [1.29, 1.82) is 0 Å². The fraction of sp³-hybridized carbons (Fsp3) is 0.500. The molecule has 1 aromatic rings. The Balaban J connectivity index is 1.95. The molecule has 23 heavy (non-hydrogen) atoms. The molecule has 1 fully saturated rings. The van der Waals surface area contributed by atoms with Crippen LogP contribution in [0.3, 0.4) is 0 Å². The van der Waals surface area contributed by atoms with Crippen molar-refractivity contribution >= 4 is 12.0 Å². The maximum Gasteiger partial charge on any atom is 0.306 e. The summed E-state index contributed by atoms with van der Waals surface area (Å²) in [7, 11) is 0. The lowest BCUT2D eigenvalue weighted by molar-refractivity contribution is -0.142. The van der Waals surface area contributed by atoms with Crippen LogP contribution < -0.4 is 0 Å². The number of ether oxygens (including phenoxy) is 3. The standard InChI is InChI=1S/C18H23FO4/c1-3-21-18(20)7-5-4-6-14-10-15(19)8-9-17(14)13(2)22-11-16-12-23-16/h4,6,8-10,13,16H,3,5,7,11-12H2,1-2H3/t13-,16?/m1/s1. The highest BCUT2D eigenvalue weighted by Crippen LogP contribution is 2.25. The molecule has 2 rings (SSSR count). The van der Waals surface area contributed by atoms with Gasteiger partial charge in [0.15, 0.2) is 0 Å². The second-order valence-corrected chi connectivity index (χ2v) is 5.45. The minimum Gasteiger partial charge on any atom is -0.466 e. The number of allylic oxidation sites excluding steroid dienone is 1. The molecular formula is C18H23FO4. The number of hydrogen-bond acceptors (Lipinski definition) is 4. The molecule has 0 amide bonds. The molecule has 126 valence electrons. The zero-order valence-corrected chi connectivity index (χ0v) is 13.6. The Labute approximate surface area is 136 Å². The summed E-state index contributed by atoms with van der Waals surface area (Å²) < 4.78 is 29.3. The van der Waals surface area contributed by atoms with Gasteiger partial charge in [-0.25, -0.2) is 4.39 Å². The van der Waals surface area contributed by atoms with Gasteiger partial charge in [-0.1, -0.05) is 18.2 Å². The number of carbonyl (C=O) groups is 1. The van der Waals surface area contributed by atoms with Crippen LogP contribution in [0.4, 0.5) is 4.39 Å². The molecule has 1 aliphatic heterocycles. The largest absolute Gasteiger partial charge is 0.466 e. The van der Waals surface area contributed by atoms with Gasteiger partial charge in [-0.15, -0.1) is 0 Å². The lowest BCUT2D eigenvalue weighted by Gasteiger charge is -2.15. The minimum atomic E-state index is -0.295. The van der Waals surface area contributed by atoms with E-state index in [1.54, 1.807) is 13.0 Å². The smallest absolute Gasteiger partial charge is 0.306 e. The van der Waals surface area contributed by atoms with Crippen LogP contribution in [0.25, 0.3) is 6.08 Å². The first-order chi connectivity index (χ1) is 11.1.